The first-order valence-corrected chi connectivity index (χ1v) is 10.6. The third kappa shape index (κ3) is 2.92. The summed E-state index contributed by atoms with van der Waals surface area (Å²) in [4.78, 5) is 25.9. The van der Waals surface area contributed by atoms with Crippen LogP contribution in [-0.4, -0.2) is 41.8 Å². The van der Waals surface area contributed by atoms with Gasteiger partial charge in [-0.2, -0.15) is 0 Å². The number of carboxylic acids is 1. The summed E-state index contributed by atoms with van der Waals surface area (Å²) >= 11 is 0. The lowest BCUT2D eigenvalue weighted by atomic mass is 9.78. The summed E-state index contributed by atoms with van der Waals surface area (Å²) in [6.07, 6.45) is 5.98. The number of carbonyl (C=O) groups is 1. The highest BCUT2D eigenvalue weighted by atomic mass is 19.1. The number of hydrogen-bond donors (Lipinski definition) is 2. The van der Waals surface area contributed by atoms with Gasteiger partial charge in [0, 0.05) is 31.4 Å². The van der Waals surface area contributed by atoms with E-state index in [1.54, 1.807) is 4.90 Å². The Kier molecular flexibility index (Phi) is 4.57. The molecule has 0 radical (unpaired) electrons. The smallest absolute Gasteiger partial charge is 0.341 e. The Bertz CT molecular complexity index is 1100. The molecule has 2 aliphatic carbocycles. The molecule has 0 unspecified atom stereocenters. The first-order chi connectivity index (χ1) is 14.4. The van der Waals surface area contributed by atoms with Crippen LogP contribution in [-0.2, 0) is 0 Å². The van der Waals surface area contributed by atoms with Gasteiger partial charge in [-0.3, -0.25) is 4.79 Å². The fourth-order valence-corrected chi connectivity index (χ4v) is 5.53. The average molecular weight is 417 g/mol. The van der Waals surface area contributed by atoms with Crippen LogP contribution in [0.2, 0.25) is 0 Å². The molecule has 160 valence electrons. The highest BCUT2D eigenvalue weighted by molar-refractivity contribution is 5.94. The fourth-order valence-electron chi connectivity index (χ4n) is 5.53. The van der Waals surface area contributed by atoms with Crippen molar-refractivity contribution in [3.05, 3.63) is 39.7 Å². The summed E-state index contributed by atoms with van der Waals surface area (Å²) < 4.78 is 32.5. The number of benzene rings is 1. The summed E-state index contributed by atoms with van der Waals surface area (Å²) in [6, 6.07) is 1.30. The van der Waals surface area contributed by atoms with Crippen LogP contribution in [0.1, 0.15) is 48.5 Å². The number of carboxylic acid groups (broad SMARTS) is 1. The maximum absolute atomic E-state index is 15.8. The second-order valence-electron chi connectivity index (χ2n) is 8.89. The Morgan fingerprint density at radius 3 is 2.63 bits per heavy atom. The number of nitrogens with one attached hydrogen (secondary N) is 1. The predicted molar refractivity (Wildman–Crippen MR) is 109 cm³/mol. The number of nitrogens with zero attached hydrogens (tertiary/aromatic N) is 2. The number of aromatic nitrogens is 1. The van der Waals surface area contributed by atoms with E-state index in [0.29, 0.717) is 31.0 Å². The number of aromatic carboxylic acids is 1. The van der Waals surface area contributed by atoms with E-state index < -0.39 is 28.6 Å². The van der Waals surface area contributed by atoms with Crippen LogP contribution in [0.3, 0.4) is 0 Å². The molecule has 3 atom stereocenters. The van der Waals surface area contributed by atoms with Gasteiger partial charge in [-0.15, -0.1) is 0 Å². The molecule has 1 aromatic carbocycles. The average Bonchev–Trinajstić information content (AvgIpc) is 3.46. The maximum atomic E-state index is 15.8. The van der Waals surface area contributed by atoms with E-state index in [9.17, 15) is 14.7 Å². The van der Waals surface area contributed by atoms with Crippen molar-refractivity contribution < 1.29 is 18.7 Å². The molecule has 8 heteroatoms. The predicted octanol–water partition coefficient (Wildman–Crippen LogP) is 3.14. The number of pyridine rings is 1. The summed E-state index contributed by atoms with van der Waals surface area (Å²) in [5.41, 5.74) is -1.37. The normalized spacial score (nSPS) is 26.2. The van der Waals surface area contributed by atoms with Gasteiger partial charge in [-0.1, -0.05) is 6.42 Å². The topological polar surface area (TPSA) is 74.6 Å². The molecular formula is C22H25F2N3O3. The van der Waals surface area contributed by atoms with Gasteiger partial charge in [-0.05, 0) is 50.6 Å². The second kappa shape index (κ2) is 7.04. The molecule has 30 heavy (non-hydrogen) atoms. The van der Waals surface area contributed by atoms with Gasteiger partial charge in [0.25, 0.3) is 0 Å². The summed E-state index contributed by atoms with van der Waals surface area (Å²) in [6.45, 7) is 1.15. The molecule has 1 aromatic heterocycles. The highest BCUT2D eigenvalue weighted by Crippen LogP contribution is 2.43. The van der Waals surface area contributed by atoms with Gasteiger partial charge in [0.1, 0.15) is 17.1 Å². The van der Waals surface area contributed by atoms with Crippen LogP contribution in [0.4, 0.5) is 14.5 Å². The van der Waals surface area contributed by atoms with E-state index >= 15 is 8.78 Å². The Labute approximate surface area is 172 Å². The van der Waals surface area contributed by atoms with Crippen LogP contribution in [0.15, 0.2) is 17.1 Å². The zero-order valence-electron chi connectivity index (χ0n) is 16.8. The molecule has 0 bridgehead atoms. The van der Waals surface area contributed by atoms with Gasteiger partial charge in [0.05, 0.1) is 10.9 Å². The lowest BCUT2D eigenvalue weighted by Crippen LogP contribution is -2.40. The maximum Gasteiger partial charge on any atom is 0.341 e. The molecule has 2 heterocycles. The van der Waals surface area contributed by atoms with Gasteiger partial charge >= 0.3 is 5.97 Å². The van der Waals surface area contributed by atoms with Crippen LogP contribution in [0, 0.1) is 23.5 Å². The van der Waals surface area contributed by atoms with E-state index in [2.05, 4.69) is 5.32 Å². The molecule has 3 aliphatic rings. The summed E-state index contributed by atoms with van der Waals surface area (Å²) in [5, 5.41) is 12.5. The highest BCUT2D eigenvalue weighted by Gasteiger charge is 2.41. The number of fused-ring (bicyclic) bond motifs is 2. The number of anilines is 1. The van der Waals surface area contributed by atoms with Crippen LogP contribution in [0.5, 0.6) is 0 Å². The zero-order valence-corrected chi connectivity index (χ0v) is 16.8. The molecule has 2 aromatic rings. The molecule has 0 amide bonds. The van der Waals surface area contributed by atoms with Crippen molar-refractivity contribution in [1.29, 1.82) is 0 Å². The van der Waals surface area contributed by atoms with Gasteiger partial charge in [0.2, 0.25) is 5.43 Å². The van der Waals surface area contributed by atoms with Crippen molar-refractivity contribution in [2.75, 3.05) is 25.0 Å². The largest absolute Gasteiger partial charge is 0.477 e. The minimum absolute atomic E-state index is 0.0175. The van der Waals surface area contributed by atoms with Crippen LogP contribution >= 0.6 is 0 Å². The molecule has 1 aliphatic heterocycles. The van der Waals surface area contributed by atoms with E-state index in [4.69, 9.17) is 0 Å². The second-order valence-corrected chi connectivity index (χ2v) is 8.89. The van der Waals surface area contributed by atoms with Crippen molar-refractivity contribution in [3.63, 3.8) is 0 Å². The van der Waals surface area contributed by atoms with Gasteiger partial charge in [0.15, 0.2) is 5.82 Å². The minimum Gasteiger partial charge on any atom is -0.477 e. The molecule has 5 rings (SSSR count). The zero-order chi connectivity index (χ0) is 21.2. The lowest BCUT2D eigenvalue weighted by Gasteiger charge is -2.32. The molecule has 1 saturated heterocycles. The summed E-state index contributed by atoms with van der Waals surface area (Å²) in [7, 11) is 1.93. The van der Waals surface area contributed by atoms with E-state index in [1.165, 1.54) is 10.8 Å². The standard InChI is InChI=1S/C22H25F2N3O3/c1-25-17-4-2-3-11-8-26(9-14(11)17)20-16(23)7-13-19(18(20)24)27(12-5-6-12)10-15(21(13)28)22(29)30/h7,10-12,14,17,25H,2-6,8-9H2,1H3,(H,29,30)/t11-,14+,17+/m1/s1. The Balaban J connectivity index is 1.66. The van der Waals surface area contributed by atoms with Crippen molar-refractivity contribution in [2.45, 2.75) is 44.2 Å². The third-order valence-corrected chi connectivity index (χ3v) is 7.14. The van der Waals surface area contributed by atoms with E-state index in [-0.39, 0.29) is 22.6 Å². The Morgan fingerprint density at radius 2 is 1.97 bits per heavy atom. The van der Waals surface area contributed by atoms with Crippen molar-refractivity contribution in [3.8, 4) is 0 Å². The fraction of sp³-hybridized carbons (Fsp3) is 0.545. The quantitative estimate of drug-likeness (QED) is 0.800. The van der Waals surface area contributed by atoms with E-state index in [0.717, 1.165) is 38.2 Å². The molecule has 6 nitrogen and oxygen atoms in total. The molecule has 2 N–H and O–H groups in total. The first kappa shape index (κ1) is 19.5. The lowest BCUT2D eigenvalue weighted by molar-refractivity contribution is 0.0694. The molecular weight excluding hydrogens is 392 g/mol. The van der Waals surface area contributed by atoms with Crippen molar-refractivity contribution >= 4 is 22.6 Å². The van der Waals surface area contributed by atoms with Crippen LogP contribution in [0.25, 0.3) is 10.9 Å². The van der Waals surface area contributed by atoms with Gasteiger partial charge in [-0.25, -0.2) is 13.6 Å². The van der Waals surface area contributed by atoms with Crippen LogP contribution < -0.4 is 15.6 Å². The monoisotopic (exact) mass is 417 g/mol. The summed E-state index contributed by atoms with van der Waals surface area (Å²) in [5.74, 6) is -2.24. The van der Waals surface area contributed by atoms with E-state index in [1.807, 2.05) is 7.05 Å². The third-order valence-electron chi connectivity index (χ3n) is 7.14. The molecule has 0 spiro atoms. The van der Waals surface area contributed by atoms with Crippen molar-refractivity contribution in [2.24, 2.45) is 11.8 Å². The minimum atomic E-state index is -1.39. The molecule has 3 fully saturated rings. The van der Waals surface area contributed by atoms with Gasteiger partial charge < -0.3 is 19.9 Å². The SMILES string of the molecule is CN[C@H]1CCC[C@@H]2CN(c3c(F)cc4c(=O)c(C(=O)O)cn(C5CC5)c4c3F)C[C@@H]21. The van der Waals surface area contributed by atoms with Crippen molar-refractivity contribution in [1.82, 2.24) is 9.88 Å². The first-order valence-electron chi connectivity index (χ1n) is 10.6. The Hall–Kier alpha value is -2.48. The molecule has 2 saturated carbocycles. The number of rotatable bonds is 4. The number of halogens is 2. The number of hydrogen-bond acceptors (Lipinski definition) is 4. The Morgan fingerprint density at radius 1 is 1.20 bits per heavy atom.